The molecule has 0 amide bonds. The van der Waals surface area contributed by atoms with Gasteiger partial charge < -0.3 is 9.64 Å². The fourth-order valence-corrected chi connectivity index (χ4v) is 4.07. The number of nitrogens with zero attached hydrogens (tertiary/aromatic N) is 3. The van der Waals surface area contributed by atoms with Crippen LogP contribution in [-0.2, 0) is 16.1 Å². The number of hydrogen-bond acceptors (Lipinski definition) is 5. The normalized spacial score (nSPS) is 24.3. The lowest BCUT2D eigenvalue weighted by Gasteiger charge is -2.45. The molecule has 0 saturated carbocycles. The van der Waals surface area contributed by atoms with Crippen LogP contribution in [0.15, 0.2) is 30.3 Å². The summed E-state index contributed by atoms with van der Waals surface area (Å²) in [4.78, 5) is 19.6. The first-order valence-corrected chi connectivity index (χ1v) is 9.54. The van der Waals surface area contributed by atoms with Gasteiger partial charge in [-0.2, -0.15) is 0 Å². The van der Waals surface area contributed by atoms with Crippen LogP contribution in [0.2, 0.25) is 0 Å². The van der Waals surface area contributed by atoms with E-state index < -0.39 is 0 Å². The highest BCUT2D eigenvalue weighted by molar-refractivity contribution is 5.76. The van der Waals surface area contributed by atoms with Gasteiger partial charge in [0.2, 0.25) is 0 Å². The maximum Gasteiger partial charge on any atom is 0.324 e. The van der Waals surface area contributed by atoms with Gasteiger partial charge in [0, 0.05) is 32.2 Å². The highest BCUT2D eigenvalue weighted by Gasteiger charge is 2.37. The van der Waals surface area contributed by atoms with Gasteiger partial charge >= 0.3 is 5.97 Å². The van der Waals surface area contributed by atoms with Crippen LogP contribution in [0.1, 0.15) is 25.3 Å². The van der Waals surface area contributed by atoms with Crippen molar-refractivity contribution in [2.45, 2.75) is 38.4 Å². The Balaban J connectivity index is 1.56. The van der Waals surface area contributed by atoms with E-state index in [-0.39, 0.29) is 12.0 Å². The number of benzene rings is 1. The molecular weight excluding hydrogens is 314 g/mol. The minimum absolute atomic E-state index is 0.0548. The van der Waals surface area contributed by atoms with E-state index in [4.69, 9.17) is 4.74 Å². The smallest absolute Gasteiger partial charge is 0.324 e. The van der Waals surface area contributed by atoms with Crippen LogP contribution in [0.5, 0.6) is 0 Å². The Morgan fingerprint density at radius 3 is 2.52 bits per heavy atom. The van der Waals surface area contributed by atoms with Gasteiger partial charge in [-0.3, -0.25) is 14.6 Å². The Hall–Kier alpha value is -1.43. The number of hydrogen-bond donors (Lipinski definition) is 0. The van der Waals surface area contributed by atoms with E-state index in [2.05, 4.69) is 52.1 Å². The zero-order valence-electron chi connectivity index (χ0n) is 15.6. The molecule has 0 aliphatic carbocycles. The van der Waals surface area contributed by atoms with Gasteiger partial charge in [-0.15, -0.1) is 0 Å². The molecule has 0 spiro atoms. The number of rotatable bonds is 5. The molecule has 2 heterocycles. The van der Waals surface area contributed by atoms with Crippen molar-refractivity contribution in [1.29, 1.82) is 0 Å². The molecule has 3 rings (SSSR count). The van der Waals surface area contributed by atoms with Gasteiger partial charge in [-0.05, 0) is 45.5 Å². The number of carbonyl (C=O) groups is 1. The Morgan fingerprint density at radius 1 is 1.12 bits per heavy atom. The maximum atomic E-state index is 12.4. The highest BCUT2D eigenvalue weighted by Crippen LogP contribution is 2.23. The van der Waals surface area contributed by atoms with E-state index in [0.29, 0.717) is 12.6 Å². The monoisotopic (exact) mass is 345 g/mol. The Kier molecular flexibility index (Phi) is 6.45. The first kappa shape index (κ1) is 18.4. The third-order valence-electron chi connectivity index (χ3n) is 5.46. The molecule has 0 radical (unpaired) electrons. The summed E-state index contributed by atoms with van der Waals surface area (Å²) in [6.07, 6.45) is 2.26. The molecular formula is C20H31N3O2. The molecule has 5 nitrogen and oxygen atoms in total. The predicted octanol–water partition coefficient (Wildman–Crippen LogP) is 1.83. The summed E-state index contributed by atoms with van der Waals surface area (Å²) in [7, 11) is 2.09. The fraction of sp³-hybridized carbons (Fsp3) is 0.650. The van der Waals surface area contributed by atoms with Gasteiger partial charge in [0.25, 0.3) is 0 Å². The summed E-state index contributed by atoms with van der Waals surface area (Å²) < 4.78 is 5.33. The number of piperidine rings is 1. The fourth-order valence-electron chi connectivity index (χ4n) is 4.07. The van der Waals surface area contributed by atoms with E-state index in [1.807, 2.05) is 6.92 Å². The van der Waals surface area contributed by atoms with E-state index >= 15 is 0 Å². The number of likely N-dealkylation sites (N-methyl/N-ethyl adjacent to an activating group) is 1. The third kappa shape index (κ3) is 4.81. The molecule has 1 unspecified atom stereocenters. The van der Waals surface area contributed by atoms with Gasteiger partial charge in [0.1, 0.15) is 6.04 Å². The summed E-state index contributed by atoms with van der Waals surface area (Å²) in [5.41, 5.74) is 1.38. The van der Waals surface area contributed by atoms with Gasteiger partial charge in [0.05, 0.1) is 6.61 Å². The maximum absolute atomic E-state index is 12.4. The first-order valence-electron chi connectivity index (χ1n) is 9.54. The summed E-state index contributed by atoms with van der Waals surface area (Å²) >= 11 is 0. The van der Waals surface area contributed by atoms with Crippen molar-refractivity contribution in [2.24, 2.45) is 0 Å². The second-order valence-electron chi connectivity index (χ2n) is 7.26. The molecule has 0 N–H and O–H groups in total. The summed E-state index contributed by atoms with van der Waals surface area (Å²) in [6.45, 7) is 8.34. The predicted molar refractivity (Wildman–Crippen MR) is 99.4 cm³/mol. The molecule has 1 aromatic carbocycles. The first-order chi connectivity index (χ1) is 12.2. The molecule has 2 fully saturated rings. The molecule has 0 bridgehead atoms. The van der Waals surface area contributed by atoms with Crippen molar-refractivity contribution in [3.05, 3.63) is 35.9 Å². The highest BCUT2D eigenvalue weighted by atomic mass is 16.5. The van der Waals surface area contributed by atoms with Gasteiger partial charge in [0.15, 0.2) is 0 Å². The van der Waals surface area contributed by atoms with Crippen LogP contribution in [-0.4, -0.2) is 79.1 Å². The minimum atomic E-state index is -0.107. The molecule has 5 heteroatoms. The SMILES string of the molecule is CCOC(=O)C1CN(C)CCN1C1CCN(Cc2ccccc2)CC1. The molecule has 1 atom stereocenters. The molecule has 2 saturated heterocycles. The van der Waals surface area contributed by atoms with Gasteiger partial charge in [-0.1, -0.05) is 30.3 Å². The van der Waals surface area contributed by atoms with Crippen molar-refractivity contribution < 1.29 is 9.53 Å². The zero-order chi connectivity index (χ0) is 17.6. The molecule has 25 heavy (non-hydrogen) atoms. The van der Waals surface area contributed by atoms with Crippen LogP contribution >= 0.6 is 0 Å². The number of esters is 1. The molecule has 2 aliphatic heterocycles. The molecule has 2 aliphatic rings. The van der Waals surface area contributed by atoms with Crippen LogP contribution in [0.25, 0.3) is 0 Å². The topological polar surface area (TPSA) is 36.0 Å². The van der Waals surface area contributed by atoms with Crippen molar-refractivity contribution in [2.75, 3.05) is 46.4 Å². The molecule has 0 aromatic heterocycles. The average molecular weight is 345 g/mol. The average Bonchev–Trinajstić information content (AvgIpc) is 2.63. The van der Waals surface area contributed by atoms with Crippen molar-refractivity contribution in [1.82, 2.24) is 14.7 Å². The van der Waals surface area contributed by atoms with Crippen LogP contribution in [0, 0.1) is 0 Å². The van der Waals surface area contributed by atoms with E-state index in [0.717, 1.165) is 52.1 Å². The standard InChI is InChI=1S/C20H31N3O2/c1-3-25-20(24)19-16-21(2)13-14-23(19)18-9-11-22(12-10-18)15-17-7-5-4-6-8-17/h4-8,18-19H,3,9-16H2,1-2H3. The van der Waals surface area contributed by atoms with Crippen molar-refractivity contribution in [3.63, 3.8) is 0 Å². The minimum Gasteiger partial charge on any atom is -0.465 e. The third-order valence-corrected chi connectivity index (χ3v) is 5.46. The Bertz CT molecular complexity index is 543. The van der Waals surface area contributed by atoms with E-state index in [9.17, 15) is 4.79 Å². The van der Waals surface area contributed by atoms with Crippen LogP contribution in [0.4, 0.5) is 0 Å². The lowest BCUT2D eigenvalue weighted by Crippen LogP contribution is -2.60. The second-order valence-corrected chi connectivity index (χ2v) is 7.26. The van der Waals surface area contributed by atoms with Crippen molar-refractivity contribution >= 4 is 5.97 Å². The lowest BCUT2D eigenvalue weighted by atomic mass is 9.99. The summed E-state index contributed by atoms with van der Waals surface area (Å²) in [5.74, 6) is -0.0548. The lowest BCUT2D eigenvalue weighted by molar-refractivity contribution is -0.154. The van der Waals surface area contributed by atoms with E-state index in [1.165, 1.54) is 5.56 Å². The number of ether oxygens (including phenoxy) is 1. The summed E-state index contributed by atoms with van der Waals surface area (Å²) in [5, 5.41) is 0. The summed E-state index contributed by atoms with van der Waals surface area (Å²) in [6, 6.07) is 11.1. The molecule has 138 valence electrons. The number of likely N-dealkylation sites (tertiary alicyclic amines) is 1. The quantitative estimate of drug-likeness (QED) is 0.761. The van der Waals surface area contributed by atoms with Gasteiger partial charge in [-0.25, -0.2) is 0 Å². The Labute approximate surface area is 151 Å². The van der Waals surface area contributed by atoms with Crippen LogP contribution in [0.3, 0.4) is 0 Å². The number of carbonyl (C=O) groups excluding carboxylic acids is 1. The zero-order valence-corrected chi connectivity index (χ0v) is 15.6. The van der Waals surface area contributed by atoms with Crippen molar-refractivity contribution in [3.8, 4) is 0 Å². The molecule has 1 aromatic rings. The van der Waals surface area contributed by atoms with E-state index in [1.54, 1.807) is 0 Å². The largest absolute Gasteiger partial charge is 0.465 e. The Morgan fingerprint density at radius 2 is 1.84 bits per heavy atom. The second kappa shape index (κ2) is 8.79. The van der Waals surface area contributed by atoms with Crippen LogP contribution < -0.4 is 0 Å². The number of piperazine rings is 1.